The Balaban J connectivity index is 1.76. The Morgan fingerprint density at radius 2 is 1.79 bits per heavy atom. The molecule has 0 radical (unpaired) electrons. The van der Waals surface area contributed by atoms with Gasteiger partial charge in [-0.2, -0.15) is 0 Å². The van der Waals surface area contributed by atoms with Crippen LogP contribution in [0.25, 0.3) is 0 Å². The summed E-state index contributed by atoms with van der Waals surface area (Å²) in [7, 11) is 0. The first-order valence-corrected chi connectivity index (χ1v) is 15.9. The second kappa shape index (κ2) is 14.1. The van der Waals surface area contributed by atoms with Crippen molar-refractivity contribution in [1.29, 1.82) is 0 Å². The maximum Gasteiger partial charge on any atom is 0.248 e. The fraction of sp³-hybridized carbons (Fsp3) is 0.618. The molecule has 0 aliphatic carbocycles. The first-order valence-electron chi connectivity index (χ1n) is 15.9. The predicted molar refractivity (Wildman–Crippen MR) is 167 cm³/mol. The summed E-state index contributed by atoms with van der Waals surface area (Å²) in [6, 6.07) is 6.48. The van der Waals surface area contributed by atoms with E-state index in [2.05, 4.69) is 20.1 Å². The molecule has 2 bridgehead atoms. The Morgan fingerprint density at radius 1 is 1.07 bits per heavy atom. The Kier molecular flexibility index (Phi) is 10.7. The summed E-state index contributed by atoms with van der Waals surface area (Å²) < 4.78 is 12.5. The van der Waals surface area contributed by atoms with Crippen molar-refractivity contribution in [2.24, 2.45) is 11.8 Å². The average Bonchev–Trinajstić information content (AvgIpc) is 3.62. The van der Waals surface area contributed by atoms with E-state index in [1.165, 1.54) is 0 Å². The topological polar surface area (TPSA) is 99.6 Å². The summed E-state index contributed by atoms with van der Waals surface area (Å²) in [4.78, 5) is 48.5. The van der Waals surface area contributed by atoms with E-state index in [0.717, 1.165) is 19.3 Å². The number of fused-ring (bicyclic) bond motifs is 1. The summed E-state index contributed by atoms with van der Waals surface area (Å²) in [6.07, 6.45) is 8.24. The van der Waals surface area contributed by atoms with Crippen LogP contribution in [0, 0.1) is 11.8 Å². The Labute approximate surface area is 256 Å². The second-order valence-corrected chi connectivity index (χ2v) is 11.9. The molecular formula is C34H49N3O6. The number of rotatable bonds is 17. The molecule has 1 spiro atoms. The molecule has 1 N–H and O–H groups in total. The van der Waals surface area contributed by atoms with Gasteiger partial charge in [0, 0.05) is 38.5 Å². The van der Waals surface area contributed by atoms with Crippen molar-refractivity contribution in [3.05, 3.63) is 49.6 Å². The van der Waals surface area contributed by atoms with Crippen molar-refractivity contribution in [1.82, 2.24) is 9.80 Å². The standard InChI is InChI=1S/C34H49N3O6/c1-6-11-12-22-35(20-7-2)32(41)29-34-19-18-33(9-4,43-34)27(28(34)31(40)37(29)23-13-24-38)30(39)36(21-8-3)25-14-16-26(17-15-25)42-10-5/h7-8,14-17,27-29,38H,2-3,6,9-13,18-24H2,1,4-5H3/t27-,28-,29?,33+,34?/m0/s1. The van der Waals surface area contributed by atoms with Crippen LogP contribution >= 0.6 is 0 Å². The third-order valence-electron chi connectivity index (χ3n) is 9.47. The van der Waals surface area contributed by atoms with Crippen LogP contribution in [-0.4, -0.2) is 89.3 Å². The minimum Gasteiger partial charge on any atom is -0.494 e. The normalized spacial score (nSPS) is 27.2. The highest BCUT2D eigenvalue weighted by molar-refractivity contribution is 6.03. The number of aliphatic hydroxyl groups is 1. The Bertz CT molecular complexity index is 1170. The molecule has 2 unspecified atom stereocenters. The van der Waals surface area contributed by atoms with E-state index in [4.69, 9.17) is 9.47 Å². The molecule has 0 aromatic heterocycles. The van der Waals surface area contributed by atoms with E-state index in [1.54, 1.807) is 26.9 Å². The molecule has 3 fully saturated rings. The van der Waals surface area contributed by atoms with Crippen LogP contribution in [0.3, 0.4) is 0 Å². The van der Waals surface area contributed by atoms with Gasteiger partial charge in [0.25, 0.3) is 0 Å². The van der Waals surface area contributed by atoms with Crippen molar-refractivity contribution in [2.45, 2.75) is 83.0 Å². The lowest BCUT2D eigenvalue weighted by Gasteiger charge is -2.37. The van der Waals surface area contributed by atoms with Gasteiger partial charge in [-0.05, 0) is 63.3 Å². The highest BCUT2D eigenvalue weighted by Gasteiger charge is 2.79. The van der Waals surface area contributed by atoms with E-state index in [1.807, 2.05) is 38.1 Å². The third-order valence-corrected chi connectivity index (χ3v) is 9.47. The second-order valence-electron chi connectivity index (χ2n) is 11.9. The van der Waals surface area contributed by atoms with E-state index in [-0.39, 0.29) is 37.4 Å². The minimum absolute atomic E-state index is 0.109. The number of carbonyl (C=O) groups is 3. The maximum atomic E-state index is 14.6. The van der Waals surface area contributed by atoms with Crippen LogP contribution in [-0.2, 0) is 19.1 Å². The molecule has 5 atom stereocenters. The lowest BCUT2D eigenvalue weighted by Crippen LogP contribution is -2.56. The molecule has 3 saturated heterocycles. The van der Waals surface area contributed by atoms with Gasteiger partial charge in [0.15, 0.2) is 0 Å². The Morgan fingerprint density at radius 3 is 2.40 bits per heavy atom. The number of amides is 3. The number of aliphatic hydroxyl groups excluding tert-OH is 1. The predicted octanol–water partition coefficient (Wildman–Crippen LogP) is 4.35. The number of ether oxygens (including phenoxy) is 2. The summed E-state index contributed by atoms with van der Waals surface area (Å²) in [5.74, 6) is -1.45. The lowest BCUT2D eigenvalue weighted by molar-refractivity contribution is -0.152. The quantitative estimate of drug-likeness (QED) is 0.212. The van der Waals surface area contributed by atoms with Gasteiger partial charge in [0.05, 0.1) is 24.0 Å². The first kappa shape index (κ1) is 32.7. The highest BCUT2D eigenvalue weighted by Crippen LogP contribution is 2.64. The number of unbranched alkanes of at least 4 members (excludes halogenated alkanes) is 2. The number of likely N-dealkylation sites (tertiary alicyclic amines) is 1. The number of benzene rings is 1. The van der Waals surface area contributed by atoms with Gasteiger partial charge in [-0.25, -0.2) is 0 Å². The van der Waals surface area contributed by atoms with Crippen molar-refractivity contribution in [3.63, 3.8) is 0 Å². The van der Waals surface area contributed by atoms with Gasteiger partial charge in [-0.3, -0.25) is 14.4 Å². The third kappa shape index (κ3) is 5.86. The van der Waals surface area contributed by atoms with Gasteiger partial charge < -0.3 is 29.3 Å². The van der Waals surface area contributed by atoms with Gasteiger partial charge in [-0.1, -0.05) is 38.8 Å². The summed E-state index contributed by atoms with van der Waals surface area (Å²) in [6.45, 7) is 15.6. The van der Waals surface area contributed by atoms with Crippen LogP contribution < -0.4 is 9.64 Å². The fourth-order valence-electron chi connectivity index (χ4n) is 7.54. The number of nitrogens with zero attached hydrogens (tertiary/aromatic N) is 3. The number of hydrogen-bond acceptors (Lipinski definition) is 6. The molecule has 3 aliphatic heterocycles. The summed E-state index contributed by atoms with van der Waals surface area (Å²) in [5, 5.41) is 9.68. The average molecular weight is 596 g/mol. The van der Waals surface area contributed by atoms with Gasteiger partial charge in [-0.15, -0.1) is 13.2 Å². The van der Waals surface area contributed by atoms with E-state index < -0.39 is 29.1 Å². The number of hydrogen-bond donors (Lipinski definition) is 1. The molecule has 4 rings (SSSR count). The molecule has 0 saturated carbocycles. The molecule has 3 heterocycles. The lowest BCUT2D eigenvalue weighted by atomic mass is 9.64. The molecule has 1 aromatic carbocycles. The zero-order valence-electron chi connectivity index (χ0n) is 26.1. The molecule has 236 valence electrons. The van der Waals surface area contributed by atoms with E-state index in [0.29, 0.717) is 56.8 Å². The molecule has 9 nitrogen and oxygen atoms in total. The maximum absolute atomic E-state index is 14.6. The smallest absolute Gasteiger partial charge is 0.248 e. The van der Waals surface area contributed by atoms with E-state index >= 15 is 0 Å². The molecule has 1 aromatic rings. The first-order chi connectivity index (χ1) is 20.8. The number of anilines is 1. The molecular weight excluding hydrogens is 546 g/mol. The van der Waals surface area contributed by atoms with E-state index in [9.17, 15) is 19.5 Å². The van der Waals surface area contributed by atoms with Crippen molar-refractivity contribution in [2.75, 3.05) is 44.3 Å². The monoisotopic (exact) mass is 595 g/mol. The number of carbonyl (C=O) groups excluding carboxylic acids is 3. The summed E-state index contributed by atoms with van der Waals surface area (Å²) in [5.41, 5.74) is -1.28. The van der Waals surface area contributed by atoms with Crippen LogP contribution in [0.1, 0.15) is 65.7 Å². The molecule has 3 aliphatic rings. The Hall–Kier alpha value is -3.17. The molecule has 43 heavy (non-hydrogen) atoms. The van der Waals surface area contributed by atoms with Crippen LogP contribution in [0.5, 0.6) is 5.75 Å². The van der Waals surface area contributed by atoms with Crippen molar-refractivity contribution >= 4 is 23.4 Å². The van der Waals surface area contributed by atoms with Crippen LogP contribution in [0.4, 0.5) is 5.69 Å². The van der Waals surface area contributed by atoms with Crippen LogP contribution in [0.2, 0.25) is 0 Å². The van der Waals surface area contributed by atoms with Gasteiger partial charge >= 0.3 is 0 Å². The van der Waals surface area contributed by atoms with Crippen molar-refractivity contribution in [3.8, 4) is 5.75 Å². The van der Waals surface area contributed by atoms with Crippen molar-refractivity contribution < 1.29 is 29.0 Å². The molecule has 3 amide bonds. The largest absolute Gasteiger partial charge is 0.494 e. The molecule has 9 heteroatoms. The highest BCUT2D eigenvalue weighted by atomic mass is 16.5. The SMILES string of the molecule is C=CCN(CCCCC)C(=O)C1N(CCCO)C(=O)[C@@H]2[C@@H](C(=O)N(CC=C)c3ccc(OCC)cc3)[C@@]3(CC)CCC12O3. The van der Waals surface area contributed by atoms with Gasteiger partial charge in [0.1, 0.15) is 17.4 Å². The van der Waals surface area contributed by atoms with Gasteiger partial charge in [0.2, 0.25) is 17.7 Å². The van der Waals surface area contributed by atoms with Crippen LogP contribution in [0.15, 0.2) is 49.6 Å². The summed E-state index contributed by atoms with van der Waals surface area (Å²) >= 11 is 0. The zero-order chi connectivity index (χ0) is 31.2. The zero-order valence-corrected chi connectivity index (χ0v) is 26.1. The minimum atomic E-state index is -1.11. The fourth-order valence-corrected chi connectivity index (χ4v) is 7.54.